The molecule has 2 N–H and O–H groups in total. The van der Waals surface area contributed by atoms with Crippen LogP contribution < -0.4 is 0 Å². The number of aromatic hydroxyl groups is 2. The molecule has 0 aliphatic rings. The van der Waals surface area contributed by atoms with Crippen molar-refractivity contribution in [2.24, 2.45) is 0 Å². The maximum atomic E-state index is 10.2. The van der Waals surface area contributed by atoms with Crippen molar-refractivity contribution < 1.29 is 10.2 Å². The van der Waals surface area contributed by atoms with E-state index in [4.69, 9.17) is 0 Å². The second-order valence-corrected chi connectivity index (χ2v) is 6.16. The lowest BCUT2D eigenvalue weighted by Gasteiger charge is -2.21. The molecule has 2 nitrogen and oxygen atoms in total. The minimum Gasteiger partial charge on any atom is -0.508 e. The summed E-state index contributed by atoms with van der Waals surface area (Å²) >= 11 is 0. The van der Waals surface area contributed by atoms with E-state index in [-0.39, 0.29) is 17.4 Å². The van der Waals surface area contributed by atoms with Gasteiger partial charge in [-0.05, 0) is 46.3 Å². The van der Waals surface area contributed by atoms with E-state index in [2.05, 4.69) is 24.3 Å². The molecule has 4 aromatic rings. The van der Waals surface area contributed by atoms with Crippen LogP contribution in [0.3, 0.4) is 0 Å². The van der Waals surface area contributed by atoms with E-state index in [1.165, 1.54) is 11.1 Å². The van der Waals surface area contributed by atoms with E-state index in [1.807, 2.05) is 42.5 Å². The minimum absolute atomic E-state index is 0.0206. The van der Waals surface area contributed by atoms with E-state index in [0.29, 0.717) is 0 Å². The van der Waals surface area contributed by atoms with Gasteiger partial charge in [0.25, 0.3) is 0 Å². The van der Waals surface area contributed by atoms with Crippen LogP contribution >= 0.6 is 0 Å². The Morgan fingerprint density at radius 3 is 1.76 bits per heavy atom. The first-order valence-electron chi connectivity index (χ1n) is 8.28. The molecular formula is C23H18O2. The lowest BCUT2D eigenvalue weighted by Crippen LogP contribution is -2.04. The monoisotopic (exact) mass is 326 g/mol. The summed E-state index contributed by atoms with van der Waals surface area (Å²) in [5, 5.41) is 21.8. The molecule has 0 fully saturated rings. The fraction of sp³-hybridized carbons (Fsp3) is 0.0435. The number of benzene rings is 4. The highest BCUT2D eigenvalue weighted by Gasteiger charge is 2.20. The number of phenols is 2. The molecule has 0 aliphatic heterocycles. The van der Waals surface area contributed by atoms with E-state index in [0.717, 1.165) is 16.3 Å². The van der Waals surface area contributed by atoms with Crippen molar-refractivity contribution in [3.05, 3.63) is 108 Å². The highest BCUT2D eigenvalue weighted by Crippen LogP contribution is 2.39. The molecule has 2 heteroatoms. The van der Waals surface area contributed by atoms with Crippen molar-refractivity contribution in [3.8, 4) is 11.5 Å². The van der Waals surface area contributed by atoms with Crippen LogP contribution in [0.25, 0.3) is 10.8 Å². The molecular weight excluding hydrogens is 308 g/mol. The molecule has 122 valence electrons. The summed E-state index contributed by atoms with van der Waals surface area (Å²) in [6, 6.07) is 29.4. The molecule has 4 aromatic carbocycles. The van der Waals surface area contributed by atoms with Gasteiger partial charge >= 0.3 is 0 Å². The van der Waals surface area contributed by atoms with Crippen LogP contribution in [-0.4, -0.2) is 10.2 Å². The third kappa shape index (κ3) is 2.83. The summed E-state index contributed by atoms with van der Waals surface area (Å²) in [6.07, 6.45) is 0. The van der Waals surface area contributed by atoms with Gasteiger partial charge in [-0.15, -0.1) is 0 Å². The number of hydrogen-bond donors (Lipinski definition) is 2. The average Bonchev–Trinajstić information content (AvgIpc) is 2.65. The van der Waals surface area contributed by atoms with Gasteiger partial charge in [0.05, 0.1) is 0 Å². The Kier molecular flexibility index (Phi) is 3.87. The summed E-state index contributed by atoms with van der Waals surface area (Å²) in [4.78, 5) is 0. The number of rotatable bonds is 3. The Labute approximate surface area is 146 Å². The Bertz CT molecular complexity index is 969. The molecule has 0 spiro atoms. The maximum absolute atomic E-state index is 10.2. The number of phenolic OH excluding ortho intramolecular Hbond substituents is 2. The zero-order valence-corrected chi connectivity index (χ0v) is 13.6. The summed E-state index contributed by atoms with van der Waals surface area (Å²) < 4.78 is 0. The van der Waals surface area contributed by atoms with Gasteiger partial charge in [0.15, 0.2) is 0 Å². The number of hydrogen-bond acceptors (Lipinski definition) is 2. The van der Waals surface area contributed by atoms with Crippen molar-refractivity contribution in [2.45, 2.75) is 5.92 Å². The second kappa shape index (κ2) is 6.33. The fourth-order valence-corrected chi connectivity index (χ4v) is 3.44. The largest absolute Gasteiger partial charge is 0.508 e. The first-order chi connectivity index (χ1) is 12.2. The Morgan fingerprint density at radius 2 is 1.16 bits per heavy atom. The van der Waals surface area contributed by atoms with Gasteiger partial charge in [0.2, 0.25) is 0 Å². The third-order valence-corrected chi connectivity index (χ3v) is 4.59. The summed E-state index contributed by atoms with van der Waals surface area (Å²) in [5.41, 5.74) is 3.40. The van der Waals surface area contributed by atoms with Gasteiger partial charge in [-0.2, -0.15) is 0 Å². The zero-order valence-electron chi connectivity index (χ0n) is 13.6. The molecule has 0 bridgehead atoms. The Balaban J connectivity index is 2.02. The molecule has 0 heterocycles. The second-order valence-electron chi connectivity index (χ2n) is 6.16. The molecule has 0 saturated carbocycles. The first kappa shape index (κ1) is 15.3. The lowest BCUT2D eigenvalue weighted by molar-refractivity contribution is 0.475. The van der Waals surface area contributed by atoms with Gasteiger partial charge in [-0.1, -0.05) is 66.7 Å². The summed E-state index contributed by atoms with van der Waals surface area (Å²) in [7, 11) is 0. The van der Waals surface area contributed by atoms with Crippen LogP contribution in [-0.2, 0) is 0 Å². The maximum Gasteiger partial charge on any atom is 0.123 e. The molecule has 4 rings (SSSR count). The lowest BCUT2D eigenvalue weighted by atomic mass is 9.82. The Morgan fingerprint density at radius 1 is 0.560 bits per heavy atom. The smallest absolute Gasteiger partial charge is 0.123 e. The molecule has 0 atom stereocenters. The van der Waals surface area contributed by atoms with Crippen molar-refractivity contribution in [1.29, 1.82) is 0 Å². The topological polar surface area (TPSA) is 40.5 Å². The van der Waals surface area contributed by atoms with E-state index < -0.39 is 0 Å². The van der Waals surface area contributed by atoms with Crippen LogP contribution in [0.15, 0.2) is 91.0 Å². The highest BCUT2D eigenvalue weighted by atomic mass is 16.3. The SMILES string of the molecule is Oc1ccc2c(O)ccc(C(c3ccccc3)c3ccccc3)c2c1. The van der Waals surface area contributed by atoms with E-state index in [9.17, 15) is 10.2 Å². The van der Waals surface area contributed by atoms with E-state index >= 15 is 0 Å². The van der Waals surface area contributed by atoms with Gasteiger partial charge in [-0.25, -0.2) is 0 Å². The average molecular weight is 326 g/mol. The number of fused-ring (bicyclic) bond motifs is 1. The predicted octanol–water partition coefficient (Wildman–Crippen LogP) is 5.43. The standard InChI is InChI=1S/C23H18O2/c24-18-11-12-19-21(15-18)20(13-14-22(19)25)23(16-7-3-1-4-8-16)17-9-5-2-6-10-17/h1-15,23-25H. The Hall–Kier alpha value is -3.26. The van der Waals surface area contributed by atoms with Gasteiger partial charge in [0, 0.05) is 11.3 Å². The normalized spacial score (nSPS) is 11.1. The van der Waals surface area contributed by atoms with Crippen LogP contribution in [0.4, 0.5) is 0 Å². The zero-order chi connectivity index (χ0) is 17.2. The van der Waals surface area contributed by atoms with Gasteiger partial charge < -0.3 is 10.2 Å². The molecule has 0 radical (unpaired) electrons. The van der Waals surface area contributed by atoms with Crippen LogP contribution in [0.2, 0.25) is 0 Å². The first-order valence-corrected chi connectivity index (χ1v) is 8.28. The molecule has 0 saturated heterocycles. The highest BCUT2D eigenvalue weighted by molar-refractivity contribution is 5.93. The van der Waals surface area contributed by atoms with Gasteiger partial charge in [0.1, 0.15) is 11.5 Å². The molecule has 0 amide bonds. The van der Waals surface area contributed by atoms with Gasteiger partial charge in [-0.3, -0.25) is 0 Å². The van der Waals surface area contributed by atoms with Crippen molar-refractivity contribution in [3.63, 3.8) is 0 Å². The molecule has 0 unspecified atom stereocenters. The van der Waals surface area contributed by atoms with Crippen LogP contribution in [0, 0.1) is 0 Å². The summed E-state index contributed by atoms with van der Waals surface area (Å²) in [5.74, 6) is 0.435. The van der Waals surface area contributed by atoms with Crippen molar-refractivity contribution in [1.82, 2.24) is 0 Å². The molecule has 25 heavy (non-hydrogen) atoms. The van der Waals surface area contributed by atoms with Crippen LogP contribution in [0.1, 0.15) is 22.6 Å². The molecule has 0 aliphatic carbocycles. The quantitative estimate of drug-likeness (QED) is 0.493. The van der Waals surface area contributed by atoms with E-state index in [1.54, 1.807) is 24.3 Å². The summed E-state index contributed by atoms with van der Waals surface area (Å²) in [6.45, 7) is 0. The van der Waals surface area contributed by atoms with Crippen LogP contribution in [0.5, 0.6) is 11.5 Å². The molecule has 0 aromatic heterocycles. The van der Waals surface area contributed by atoms with Crippen molar-refractivity contribution >= 4 is 10.8 Å². The minimum atomic E-state index is 0.0206. The third-order valence-electron chi connectivity index (χ3n) is 4.59. The fourth-order valence-electron chi connectivity index (χ4n) is 3.44. The van der Waals surface area contributed by atoms with Crippen molar-refractivity contribution in [2.75, 3.05) is 0 Å². The predicted molar refractivity (Wildman–Crippen MR) is 101 cm³/mol.